The van der Waals surface area contributed by atoms with Crippen LogP contribution in [-0.2, 0) is 6.54 Å². The van der Waals surface area contributed by atoms with Gasteiger partial charge in [0.15, 0.2) is 0 Å². The van der Waals surface area contributed by atoms with Crippen molar-refractivity contribution in [2.75, 3.05) is 13.6 Å². The van der Waals surface area contributed by atoms with E-state index in [1.807, 2.05) is 16.7 Å². The summed E-state index contributed by atoms with van der Waals surface area (Å²) in [5.74, 6) is 1.33. The van der Waals surface area contributed by atoms with E-state index in [0.717, 1.165) is 37.3 Å². The van der Waals surface area contributed by atoms with Crippen LogP contribution in [0.25, 0.3) is 10.9 Å². The first-order valence-corrected chi connectivity index (χ1v) is 7.94. The van der Waals surface area contributed by atoms with Crippen LogP contribution in [0.3, 0.4) is 0 Å². The molecule has 1 saturated heterocycles. The largest absolute Gasteiger partial charge is 0.303 e. The molecule has 3 heterocycles. The Hall–Kier alpha value is -1.39. The van der Waals surface area contributed by atoms with E-state index in [2.05, 4.69) is 11.9 Å². The number of piperidine rings is 1. The highest BCUT2D eigenvalue weighted by Gasteiger charge is 2.36. The molecule has 2 aliphatic heterocycles. The van der Waals surface area contributed by atoms with Crippen molar-refractivity contribution in [3.8, 4) is 0 Å². The van der Waals surface area contributed by atoms with Gasteiger partial charge >= 0.3 is 0 Å². The van der Waals surface area contributed by atoms with E-state index < -0.39 is 0 Å². The summed E-state index contributed by atoms with van der Waals surface area (Å²) in [5, 5.41) is 1.06. The Labute approximate surface area is 128 Å². The second-order valence-corrected chi connectivity index (χ2v) is 6.55. The van der Waals surface area contributed by atoms with Crippen LogP contribution < -0.4 is 5.56 Å². The molecule has 2 aliphatic rings. The second kappa shape index (κ2) is 4.82. The fourth-order valence-corrected chi connectivity index (χ4v) is 4.20. The molecule has 0 radical (unpaired) electrons. The average Bonchev–Trinajstić information content (AvgIpc) is 2.48. The maximum absolute atomic E-state index is 12.8. The molecule has 4 nitrogen and oxygen atoms in total. The lowest BCUT2D eigenvalue weighted by atomic mass is 9.84. The van der Waals surface area contributed by atoms with E-state index in [0.29, 0.717) is 22.4 Å². The summed E-state index contributed by atoms with van der Waals surface area (Å²) in [4.78, 5) is 20.0. The van der Waals surface area contributed by atoms with Gasteiger partial charge in [-0.15, -0.1) is 0 Å². The van der Waals surface area contributed by atoms with Gasteiger partial charge in [-0.05, 0) is 45.0 Å². The number of likely N-dealkylation sites (tertiary alicyclic amines) is 1. The van der Waals surface area contributed by atoms with Crippen LogP contribution in [0, 0.1) is 0 Å². The van der Waals surface area contributed by atoms with Crippen LogP contribution in [0.2, 0.25) is 5.02 Å². The minimum absolute atomic E-state index is 0.0206. The summed E-state index contributed by atoms with van der Waals surface area (Å²) in [6.45, 7) is 1.89. The fraction of sp³-hybridized carbons (Fsp3) is 0.500. The van der Waals surface area contributed by atoms with Gasteiger partial charge in [-0.1, -0.05) is 17.7 Å². The van der Waals surface area contributed by atoms with Gasteiger partial charge in [0.25, 0.3) is 5.56 Å². The Bertz CT molecular complexity index is 770. The molecule has 1 aromatic carbocycles. The van der Waals surface area contributed by atoms with E-state index in [4.69, 9.17) is 16.6 Å². The van der Waals surface area contributed by atoms with E-state index >= 15 is 0 Å². The summed E-state index contributed by atoms with van der Waals surface area (Å²) < 4.78 is 1.86. The summed E-state index contributed by atoms with van der Waals surface area (Å²) in [5.41, 5.74) is 0.750. The van der Waals surface area contributed by atoms with Crippen molar-refractivity contribution in [2.45, 2.75) is 37.8 Å². The third-order valence-electron chi connectivity index (χ3n) is 5.00. The SMILES string of the molecule is CN1CCC[C@@H]2c3nc4cccc(Cl)c4c(=O)n3CC[C@H]21. The zero-order chi connectivity index (χ0) is 14.6. The molecule has 5 heteroatoms. The van der Waals surface area contributed by atoms with Gasteiger partial charge in [-0.25, -0.2) is 4.98 Å². The van der Waals surface area contributed by atoms with Gasteiger partial charge in [-0.3, -0.25) is 9.36 Å². The molecule has 21 heavy (non-hydrogen) atoms. The number of likely N-dealkylation sites (N-methyl/N-ethyl adjacent to an activating group) is 1. The van der Waals surface area contributed by atoms with Crippen LogP contribution >= 0.6 is 11.6 Å². The van der Waals surface area contributed by atoms with Crippen molar-refractivity contribution >= 4 is 22.5 Å². The first-order chi connectivity index (χ1) is 10.2. The highest BCUT2D eigenvalue weighted by Crippen LogP contribution is 2.36. The lowest BCUT2D eigenvalue weighted by molar-refractivity contribution is 0.123. The van der Waals surface area contributed by atoms with Crippen molar-refractivity contribution in [1.29, 1.82) is 0 Å². The number of benzene rings is 1. The van der Waals surface area contributed by atoms with Crippen molar-refractivity contribution in [3.63, 3.8) is 0 Å². The van der Waals surface area contributed by atoms with Crippen LogP contribution in [-0.4, -0.2) is 34.1 Å². The topological polar surface area (TPSA) is 38.1 Å². The molecule has 0 spiro atoms. The third kappa shape index (κ3) is 1.93. The number of nitrogens with zero attached hydrogens (tertiary/aromatic N) is 3. The molecule has 4 rings (SSSR count). The van der Waals surface area contributed by atoms with Crippen LogP contribution in [0.1, 0.15) is 31.0 Å². The molecule has 0 amide bonds. The molecule has 110 valence electrons. The molecule has 0 saturated carbocycles. The van der Waals surface area contributed by atoms with Crippen LogP contribution in [0.5, 0.6) is 0 Å². The van der Waals surface area contributed by atoms with Gasteiger partial charge < -0.3 is 4.90 Å². The van der Waals surface area contributed by atoms with E-state index in [1.54, 1.807) is 6.07 Å². The molecule has 1 aromatic heterocycles. The number of halogens is 1. The van der Waals surface area contributed by atoms with E-state index in [1.165, 1.54) is 6.42 Å². The average molecular weight is 304 g/mol. The highest BCUT2D eigenvalue weighted by atomic mass is 35.5. The third-order valence-corrected chi connectivity index (χ3v) is 5.31. The van der Waals surface area contributed by atoms with Gasteiger partial charge in [-0.2, -0.15) is 0 Å². The lowest BCUT2D eigenvalue weighted by Gasteiger charge is -2.42. The quantitative estimate of drug-likeness (QED) is 0.751. The normalized spacial score (nSPS) is 25.6. The van der Waals surface area contributed by atoms with E-state index in [-0.39, 0.29) is 5.56 Å². The van der Waals surface area contributed by atoms with Crippen molar-refractivity contribution < 1.29 is 0 Å². The minimum Gasteiger partial charge on any atom is -0.303 e. The lowest BCUT2D eigenvalue weighted by Crippen LogP contribution is -2.47. The Morgan fingerprint density at radius 1 is 1.29 bits per heavy atom. The molecule has 0 unspecified atom stereocenters. The molecular formula is C16H18ClN3O. The van der Waals surface area contributed by atoms with E-state index in [9.17, 15) is 4.79 Å². The van der Waals surface area contributed by atoms with Crippen molar-refractivity contribution in [2.24, 2.45) is 0 Å². The van der Waals surface area contributed by atoms with Gasteiger partial charge in [0.2, 0.25) is 0 Å². The monoisotopic (exact) mass is 303 g/mol. The predicted octanol–water partition coefficient (Wildman–Crippen LogP) is 2.63. The summed E-state index contributed by atoms with van der Waals surface area (Å²) in [7, 11) is 2.18. The Morgan fingerprint density at radius 3 is 3.00 bits per heavy atom. The predicted molar refractivity (Wildman–Crippen MR) is 84.0 cm³/mol. The zero-order valence-electron chi connectivity index (χ0n) is 12.1. The maximum atomic E-state index is 12.8. The Balaban J connectivity index is 1.96. The number of fused-ring (bicyclic) bond motifs is 4. The van der Waals surface area contributed by atoms with Crippen molar-refractivity contribution in [1.82, 2.24) is 14.5 Å². The zero-order valence-corrected chi connectivity index (χ0v) is 12.8. The van der Waals surface area contributed by atoms with Gasteiger partial charge in [0.05, 0.1) is 15.9 Å². The molecule has 2 aromatic rings. The molecular weight excluding hydrogens is 286 g/mol. The van der Waals surface area contributed by atoms with Crippen molar-refractivity contribution in [3.05, 3.63) is 39.4 Å². The minimum atomic E-state index is 0.0206. The second-order valence-electron chi connectivity index (χ2n) is 6.15. The number of aromatic nitrogens is 2. The summed E-state index contributed by atoms with van der Waals surface area (Å²) in [6, 6.07) is 6.03. The number of hydrogen-bond donors (Lipinski definition) is 0. The van der Waals surface area contributed by atoms with Gasteiger partial charge in [0, 0.05) is 18.5 Å². The molecule has 0 aliphatic carbocycles. The fourth-order valence-electron chi connectivity index (χ4n) is 3.95. The molecule has 0 N–H and O–H groups in total. The maximum Gasteiger partial charge on any atom is 0.262 e. The standard InChI is InChI=1S/C16H18ClN3O/c1-19-8-3-4-10-13(19)7-9-20-15(10)18-12-6-2-5-11(17)14(12)16(20)21/h2,5-6,10,13H,3-4,7-9H2,1H3/t10-,13+/m0/s1. The first kappa shape index (κ1) is 13.3. The van der Waals surface area contributed by atoms with Crippen LogP contribution in [0.4, 0.5) is 0 Å². The Kier molecular flexibility index (Phi) is 3.05. The number of rotatable bonds is 0. The van der Waals surface area contributed by atoms with Gasteiger partial charge in [0.1, 0.15) is 5.82 Å². The van der Waals surface area contributed by atoms with Crippen LogP contribution in [0.15, 0.2) is 23.0 Å². The summed E-state index contributed by atoms with van der Waals surface area (Å²) in [6.07, 6.45) is 3.31. The Morgan fingerprint density at radius 2 is 2.14 bits per heavy atom. The first-order valence-electron chi connectivity index (χ1n) is 7.56. The molecule has 1 fully saturated rings. The summed E-state index contributed by atoms with van der Waals surface area (Å²) >= 11 is 6.20. The molecule has 2 atom stereocenters. The smallest absolute Gasteiger partial charge is 0.262 e. The number of hydrogen-bond acceptors (Lipinski definition) is 3. The molecule has 0 bridgehead atoms. The highest BCUT2D eigenvalue weighted by molar-refractivity contribution is 6.35.